The van der Waals surface area contributed by atoms with E-state index >= 15 is 0 Å². The van der Waals surface area contributed by atoms with Gasteiger partial charge in [-0.2, -0.15) is 5.10 Å². The molecule has 1 aliphatic heterocycles. The number of aromatic nitrogens is 2. The van der Waals surface area contributed by atoms with Crippen molar-refractivity contribution in [3.8, 4) is 0 Å². The van der Waals surface area contributed by atoms with Gasteiger partial charge in [0.25, 0.3) is 0 Å². The molecule has 4 heteroatoms. The Morgan fingerprint density at radius 2 is 2.10 bits per heavy atom. The predicted molar refractivity (Wildman–Crippen MR) is 86.6 cm³/mol. The predicted octanol–water partition coefficient (Wildman–Crippen LogP) is 2.80. The standard InChI is InChI=1S/C17H31N3O/c1-4-9-18-17(14-7-10-21-11-8-14)13-16-12-15(5-2)19-20(16)6-3/h12,14,17-18H,4-11,13H2,1-3H3. The van der Waals surface area contributed by atoms with Crippen LogP contribution in [0.4, 0.5) is 0 Å². The molecule has 1 fully saturated rings. The summed E-state index contributed by atoms with van der Waals surface area (Å²) in [5, 5.41) is 8.46. The Bertz CT molecular complexity index is 410. The van der Waals surface area contributed by atoms with E-state index in [9.17, 15) is 0 Å². The van der Waals surface area contributed by atoms with Crippen LogP contribution in [0.3, 0.4) is 0 Å². The molecule has 2 heterocycles. The number of hydrogen-bond acceptors (Lipinski definition) is 3. The lowest BCUT2D eigenvalue weighted by Crippen LogP contribution is -2.41. The van der Waals surface area contributed by atoms with Crippen molar-refractivity contribution in [2.45, 2.75) is 65.5 Å². The Morgan fingerprint density at radius 1 is 1.33 bits per heavy atom. The number of hydrogen-bond donors (Lipinski definition) is 1. The third kappa shape index (κ3) is 4.55. The topological polar surface area (TPSA) is 39.1 Å². The highest BCUT2D eigenvalue weighted by Gasteiger charge is 2.25. The van der Waals surface area contributed by atoms with Gasteiger partial charge in [-0.1, -0.05) is 13.8 Å². The molecule has 2 rings (SSSR count). The normalized spacial score (nSPS) is 18.0. The van der Waals surface area contributed by atoms with Crippen LogP contribution in [0.2, 0.25) is 0 Å². The van der Waals surface area contributed by atoms with E-state index in [-0.39, 0.29) is 0 Å². The van der Waals surface area contributed by atoms with Crippen molar-refractivity contribution in [3.63, 3.8) is 0 Å². The van der Waals surface area contributed by atoms with E-state index < -0.39 is 0 Å². The number of rotatable bonds is 8. The molecule has 1 aromatic heterocycles. The maximum absolute atomic E-state index is 5.53. The summed E-state index contributed by atoms with van der Waals surface area (Å²) in [7, 11) is 0. The smallest absolute Gasteiger partial charge is 0.0624 e. The van der Waals surface area contributed by atoms with Gasteiger partial charge in [0.15, 0.2) is 0 Å². The number of nitrogens with zero attached hydrogens (tertiary/aromatic N) is 2. The molecule has 0 spiro atoms. The molecule has 0 aliphatic carbocycles. The van der Waals surface area contributed by atoms with Gasteiger partial charge in [0.05, 0.1) is 5.69 Å². The van der Waals surface area contributed by atoms with Gasteiger partial charge >= 0.3 is 0 Å². The van der Waals surface area contributed by atoms with Gasteiger partial charge in [-0.3, -0.25) is 4.68 Å². The number of ether oxygens (including phenoxy) is 1. The summed E-state index contributed by atoms with van der Waals surface area (Å²) in [5.74, 6) is 0.732. The van der Waals surface area contributed by atoms with Crippen LogP contribution in [0.1, 0.15) is 51.4 Å². The van der Waals surface area contributed by atoms with E-state index in [4.69, 9.17) is 4.74 Å². The number of nitrogens with one attached hydrogen (secondary N) is 1. The van der Waals surface area contributed by atoms with E-state index in [1.807, 2.05) is 0 Å². The molecule has 21 heavy (non-hydrogen) atoms. The quantitative estimate of drug-likeness (QED) is 0.801. The molecule has 0 saturated carbocycles. The second-order valence-corrected chi connectivity index (χ2v) is 6.01. The van der Waals surface area contributed by atoms with Crippen molar-refractivity contribution in [1.29, 1.82) is 0 Å². The lowest BCUT2D eigenvalue weighted by molar-refractivity contribution is 0.0535. The fourth-order valence-electron chi connectivity index (χ4n) is 3.20. The van der Waals surface area contributed by atoms with E-state index in [2.05, 4.69) is 41.9 Å². The Kier molecular flexibility index (Phi) is 6.71. The summed E-state index contributed by atoms with van der Waals surface area (Å²) in [6.07, 6.45) is 5.66. The van der Waals surface area contributed by atoms with Crippen molar-refractivity contribution >= 4 is 0 Å². The average Bonchev–Trinajstić information content (AvgIpc) is 2.94. The highest BCUT2D eigenvalue weighted by atomic mass is 16.5. The van der Waals surface area contributed by atoms with Crippen LogP contribution in [-0.2, 0) is 24.1 Å². The Balaban J connectivity index is 2.07. The Labute approximate surface area is 129 Å². The first kappa shape index (κ1) is 16.5. The molecule has 1 aromatic rings. The zero-order valence-electron chi connectivity index (χ0n) is 13.9. The second kappa shape index (κ2) is 8.54. The van der Waals surface area contributed by atoms with Gasteiger partial charge < -0.3 is 10.1 Å². The van der Waals surface area contributed by atoms with Crippen molar-refractivity contribution in [2.75, 3.05) is 19.8 Å². The Morgan fingerprint density at radius 3 is 2.71 bits per heavy atom. The first-order valence-corrected chi connectivity index (χ1v) is 8.65. The molecule has 1 saturated heterocycles. The minimum absolute atomic E-state index is 0.556. The second-order valence-electron chi connectivity index (χ2n) is 6.01. The first-order chi connectivity index (χ1) is 10.3. The van der Waals surface area contributed by atoms with Crippen molar-refractivity contribution < 1.29 is 4.74 Å². The minimum atomic E-state index is 0.556. The molecular formula is C17H31N3O. The summed E-state index contributed by atoms with van der Waals surface area (Å²) >= 11 is 0. The molecule has 120 valence electrons. The largest absolute Gasteiger partial charge is 0.381 e. The third-order valence-corrected chi connectivity index (χ3v) is 4.50. The molecule has 0 radical (unpaired) electrons. The summed E-state index contributed by atoms with van der Waals surface area (Å²) < 4.78 is 7.70. The molecule has 0 amide bonds. The summed E-state index contributed by atoms with van der Waals surface area (Å²) in [5.41, 5.74) is 2.60. The third-order valence-electron chi connectivity index (χ3n) is 4.50. The molecule has 0 bridgehead atoms. The van der Waals surface area contributed by atoms with Crippen molar-refractivity contribution in [2.24, 2.45) is 5.92 Å². The maximum atomic E-state index is 5.53. The zero-order chi connectivity index (χ0) is 15.1. The summed E-state index contributed by atoms with van der Waals surface area (Å²) in [6, 6.07) is 2.85. The lowest BCUT2D eigenvalue weighted by atomic mass is 9.88. The van der Waals surface area contributed by atoms with Gasteiger partial charge in [-0.25, -0.2) is 0 Å². The summed E-state index contributed by atoms with van der Waals surface area (Å²) in [4.78, 5) is 0. The lowest BCUT2D eigenvalue weighted by Gasteiger charge is -2.31. The zero-order valence-corrected chi connectivity index (χ0v) is 13.9. The van der Waals surface area contributed by atoms with Crippen LogP contribution in [0, 0.1) is 5.92 Å². The van der Waals surface area contributed by atoms with E-state index in [0.29, 0.717) is 6.04 Å². The molecule has 4 nitrogen and oxygen atoms in total. The van der Waals surface area contributed by atoms with E-state index in [1.165, 1.54) is 30.7 Å². The minimum Gasteiger partial charge on any atom is -0.381 e. The average molecular weight is 293 g/mol. The first-order valence-electron chi connectivity index (χ1n) is 8.65. The van der Waals surface area contributed by atoms with Crippen molar-refractivity contribution in [1.82, 2.24) is 15.1 Å². The summed E-state index contributed by atoms with van der Waals surface area (Å²) in [6.45, 7) is 10.5. The van der Waals surface area contributed by atoms with E-state index in [0.717, 1.165) is 45.1 Å². The van der Waals surface area contributed by atoms with Crippen LogP contribution in [0.15, 0.2) is 6.07 Å². The Hall–Kier alpha value is -0.870. The fourth-order valence-corrected chi connectivity index (χ4v) is 3.20. The molecule has 0 aromatic carbocycles. The van der Waals surface area contributed by atoms with Gasteiger partial charge in [-0.05, 0) is 51.1 Å². The monoisotopic (exact) mass is 293 g/mol. The highest BCUT2D eigenvalue weighted by molar-refractivity contribution is 5.12. The van der Waals surface area contributed by atoms with Crippen molar-refractivity contribution in [3.05, 3.63) is 17.5 Å². The molecule has 1 aliphatic rings. The van der Waals surface area contributed by atoms with Crippen LogP contribution in [-0.4, -0.2) is 35.6 Å². The molecular weight excluding hydrogens is 262 g/mol. The SMILES string of the molecule is CCCNC(Cc1cc(CC)nn1CC)C1CCOCC1. The highest BCUT2D eigenvalue weighted by Crippen LogP contribution is 2.22. The van der Waals surface area contributed by atoms with Crippen LogP contribution >= 0.6 is 0 Å². The molecule has 1 N–H and O–H groups in total. The van der Waals surface area contributed by atoms with Gasteiger partial charge in [0.2, 0.25) is 0 Å². The maximum Gasteiger partial charge on any atom is 0.0624 e. The van der Waals surface area contributed by atoms with Crippen LogP contribution < -0.4 is 5.32 Å². The van der Waals surface area contributed by atoms with Gasteiger partial charge in [-0.15, -0.1) is 0 Å². The number of aryl methyl sites for hydroxylation is 2. The fraction of sp³-hybridized carbons (Fsp3) is 0.824. The van der Waals surface area contributed by atoms with Gasteiger partial charge in [0, 0.05) is 37.9 Å². The van der Waals surface area contributed by atoms with Crippen LogP contribution in [0.5, 0.6) is 0 Å². The van der Waals surface area contributed by atoms with Gasteiger partial charge in [0.1, 0.15) is 0 Å². The molecule has 1 unspecified atom stereocenters. The van der Waals surface area contributed by atoms with Crippen LogP contribution in [0.25, 0.3) is 0 Å². The molecule has 1 atom stereocenters. The van der Waals surface area contributed by atoms with E-state index in [1.54, 1.807) is 0 Å².